The molecule has 234 valence electrons. The first-order valence-corrected chi connectivity index (χ1v) is 15.4. The van der Waals surface area contributed by atoms with Crippen molar-refractivity contribution in [3.8, 4) is 17.2 Å². The van der Waals surface area contributed by atoms with Gasteiger partial charge in [0.25, 0.3) is 15.9 Å². The molecule has 4 rings (SSSR count). The van der Waals surface area contributed by atoms with Crippen molar-refractivity contribution in [2.24, 2.45) is 5.10 Å². The first-order chi connectivity index (χ1) is 21.7. The summed E-state index contributed by atoms with van der Waals surface area (Å²) in [7, 11) is -2.70. The predicted octanol–water partition coefficient (Wildman–Crippen LogP) is 4.98. The van der Waals surface area contributed by atoms with Crippen molar-refractivity contribution in [3.63, 3.8) is 0 Å². The molecule has 0 fully saturated rings. The third-order valence-corrected chi connectivity index (χ3v) is 8.11. The molecule has 0 aromatic heterocycles. The zero-order chi connectivity index (χ0) is 32.2. The van der Waals surface area contributed by atoms with Gasteiger partial charge in [0.2, 0.25) is 5.91 Å². The maximum atomic E-state index is 13.7. The third kappa shape index (κ3) is 9.07. The second kappa shape index (κ2) is 15.4. The van der Waals surface area contributed by atoms with Crippen molar-refractivity contribution >= 4 is 39.4 Å². The van der Waals surface area contributed by atoms with Gasteiger partial charge in [-0.1, -0.05) is 30.3 Å². The average Bonchev–Trinajstić information content (AvgIpc) is 3.04. The van der Waals surface area contributed by atoms with Gasteiger partial charge in [0, 0.05) is 12.6 Å². The molecule has 0 unspecified atom stereocenters. The number of hydrogen-bond acceptors (Lipinski definition) is 8. The first-order valence-electron chi connectivity index (χ1n) is 14.0. The largest absolute Gasteiger partial charge is 0.497 e. The lowest BCUT2D eigenvalue weighted by molar-refractivity contribution is -0.119. The Labute approximate surface area is 262 Å². The topological polar surface area (TPSA) is 136 Å². The number of nitrogens with zero attached hydrogens (tertiary/aromatic N) is 2. The van der Waals surface area contributed by atoms with Gasteiger partial charge in [0.1, 0.15) is 18.9 Å². The van der Waals surface area contributed by atoms with Gasteiger partial charge in [-0.3, -0.25) is 13.9 Å². The van der Waals surface area contributed by atoms with Crippen molar-refractivity contribution < 1.29 is 32.2 Å². The summed E-state index contributed by atoms with van der Waals surface area (Å²) in [6, 6.07) is 26.9. The Hall–Kier alpha value is -5.36. The number of methoxy groups -OCH3 is 1. The summed E-state index contributed by atoms with van der Waals surface area (Å²) in [4.78, 5) is 24.3. The van der Waals surface area contributed by atoms with Gasteiger partial charge in [-0.15, -0.1) is 0 Å². The molecule has 4 aromatic rings. The summed E-state index contributed by atoms with van der Waals surface area (Å²) in [6.07, 6.45) is 1.42. The molecule has 0 spiro atoms. The number of nitrogens with one attached hydrogen (secondary N) is 2. The standard InChI is InChI=1S/C33H34N4O7S/c1-4-43-32-20-26(10-19-31(32)44-23-25-8-6-5-7-9-25)21-34-36-33(39)22-37(28-13-15-29(42-3)16-14-28)45(40,41)30-17-11-27(12-18-30)35-24(2)38/h5-21H,4,22-23H2,1-3H3,(H,35,38)(H,36,39)/b34-21-. The van der Waals surface area contributed by atoms with Gasteiger partial charge < -0.3 is 19.5 Å². The van der Waals surface area contributed by atoms with E-state index in [4.69, 9.17) is 14.2 Å². The lowest BCUT2D eigenvalue weighted by atomic mass is 10.2. The molecule has 0 saturated carbocycles. The van der Waals surface area contributed by atoms with Crippen LogP contribution in [-0.2, 0) is 26.2 Å². The van der Waals surface area contributed by atoms with Crippen LogP contribution in [0.5, 0.6) is 17.2 Å². The number of amides is 2. The van der Waals surface area contributed by atoms with E-state index in [1.165, 1.54) is 56.6 Å². The van der Waals surface area contributed by atoms with E-state index in [0.29, 0.717) is 41.7 Å². The Bertz CT molecular complexity index is 1730. The van der Waals surface area contributed by atoms with Crippen LogP contribution in [0.1, 0.15) is 25.0 Å². The van der Waals surface area contributed by atoms with Gasteiger partial charge in [0.05, 0.1) is 30.5 Å². The minimum absolute atomic E-state index is 0.0678. The summed E-state index contributed by atoms with van der Waals surface area (Å²) in [5.41, 5.74) is 4.73. The smallest absolute Gasteiger partial charge is 0.264 e. The average molecular weight is 631 g/mol. The van der Waals surface area contributed by atoms with E-state index >= 15 is 0 Å². The highest BCUT2D eigenvalue weighted by Crippen LogP contribution is 2.29. The summed E-state index contributed by atoms with van der Waals surface area (Å²) < 4.78 is 45.2. The number of carbonyl (C=O) groups is 2. The lowest BCUT2D eigenvalue weighted by Crippen LogP contribution is -2.39. The molecule has 11 nitrogen and oxygen atoms in total. The molecule has 0 saturated heterocycles. The minimum atomic E-state index is -4.20. The maximum absolute atomic E-state index is 13.7. The molecule has 12 heteroatoms. The van der Waals surface area contributed by atoms with Gasteiger partial charge in [-0.2, -0.15) is 5.10 Å². The monoisotopic (exact) mass is 630 g/mol. The molecule has 0 radical (unpaired) electrons. The molecular formula is C33H34N4O7S. The molecule has 0 aliphatic rings. The zero-order valence-corrected chi connectivity index (χ0v) is 25.9. The van der Waals surface area contributed by atoms with Gasteiger partial charge >= 0.3 is 0 Å². The maximum Gasteiger partial charge on any atom is 0.264 e. The van der Waals surface area contributed by atoms with E-state index in [2.05, 4.69) is 15.8 Å². The van der Waals surface area contributed by atoms with Crippen LogP contribution in [0.2, 0.25) is 0 Å². The number of ether oxygens (including phenoxy) is 3. The normalized spacial score (nSPS) is 11.1. The fraction of sp³-hybridized carbons (Fsp3) is 0.182. The molecule has 2 N–H and O–H groups in total. The second-order valence-corrected chi connectivity index (χ2v) is 11.5. The van der Waals surface area contributed by atoms with E-state index < -0.39 is 22.5 Å². The summed E-state index contributed by atoms with van der Waals surface area (Å²) in [5.74, 6) is 0.641. The number of hydrazone groups is 1. The minimum Gasteiger partial charge on any atom is -0.497 e. The number of rotatable bonds is 14. The fourth-order valence-electron chi connectivity index (χ4n) is 4.18. The number of carbonyl (C=O) groups excluding carboxylic acids is 2. The molecule has 0 aliphatic carbocycles. The summed E-state index contributed by atoms with van der Waals surface area (Å²) in [6.45, 7) is 3.45. The van der Waals surface area contributed by atoms with Crippen molar-refractivity contribution in [2.75, 3.05) is 29.9 Å². The van der Waals surface area contributed by atoms with Crippen LogP contribution >= 0.6 is 0 Å². The van der Waals surface area contributed by atoms with E-state index in [1.54, 1.807) is 30.3 Å². The van der Waals surface area contributed by atoms with Crippen LogP contribution in [0.4, 0.5) is 11.4 Å². The van der Waals surface area contributed by atoms with Crippen molar-refractivity contribution in [1.82, 2.24) is 5.43 Å². The van der Waals surface area contributed by atoms with Gasteiger partial charge in [-0.25, -0.2) is 13.8 Å². The number of hydrogen-bond donors (Lipinski definition) is 2. The quantitative estimate of drug-likeness (QED) is 0.148. The van der Waals surface area contributed by atoms with Crippen LogP contribution in [0.3, 0.4) is 0 Å². The van der Waals surface area contributed by atoms with Crippen LogP contribution in [0.25, 0.3) is 0 Å². The van der Waals surface area contributed by atoms with Gasteiger partial charge in [-0.05, 0) is 84.8 Å². The zero-order valence-electron chi connectivity index (χ0n) is 25.1. The summed E-state index contributed by atoms with van der Waals surface area (Å²) in [5, 5.41) is 6.63. The second-order valence-electron chi connectivity index (χ2n) is 9.62. The van der Waals surface area contributed by atoms with E-state index in [-0.39, 0.29) is 16.5 Å². The molecule has 0 bridgehead atoms. The highest BCUT2D eigenvalue weighted by molar-refractivity contribution is 7.92. The van der Waals surface area contributed by atoms with Crippen molar-refractivity contribution in [1.29, 1.82) is 0 Å². The van der Waals surface area contributed by atoms with E-state index in [0.717, 1.165) is 9.87 Å². The molecule has 2 amide bonds. The van der Waals surface area contributed by atoms with Crippen LogP contribution in [0.15, 0.2) is 107 Å². The Balaban J connectivity index is 1.49. The Morgan fingerprint density at radius 1 is 0.889 bits per heavy atom. The first kappa shape index (κ1) is 32.6. The van der Waals surface area contributed by atoms with Crippen molar-refractivity contribution in [2.45, 2.75) is 25.3 Å². The Kier molecular flexibility index (Phi) is 11.1. The molecular weight excluding hydrogens is 596 g/mol. The third-order valence-electron chi connectivity index (χ3n) is 6.32. The van der Waals surface area contributed by atoms with Gasteiger partial charge in [0.15, 0.2) is 11.5 Å². The molecule has 0 heterocycles. The Morgan fingerprint density at radius 2 is 1.60 bits per heavy atom. The van der Waals surface area contributed by atoms with E-state index in [9.17, 15) is 18.0 Å². The molecule has 45 heavy (non-hydrogen) atoms. The highest BCUT2D eigenvalue weighted by Gasteiger charge is 2.27. The number of benzene rings is 4. The van der Waals surface area contributed by atoms with Crippen LogP contribution < -0.4 is 29.3 Å². The molecule has 0 atom stereocenters. The molecule has 4 aromatic carbocycles. The molecule has 0 aliphatic heterocycles. The fourth-order valence-corrected chi connectivity index (χ4v) is 5.60. The lowest BCUT2D eigenvalue weighted by Gasteiger charge is -2.24. The highest BCUT2D eigenvalue weighted by atomic mass is 32.2. The van der Waals surface area contributed by atoms with Crippen molar-refractivity contribution in [3.05, 3.63) is 108 Å². The van der Waals surface area contributed by atoms with E-state index in [1.807, 2.05) is 37.3 Å². The SMILES string of the molecule is CCOc1cc(/C=N\NC(=O)CN(c2ccc(OC)cc2)S(=O)(=O)c2ccc(NC(C)=O)cc2)ccc1OCc1ccccc1. The number of anilines is 2. The van der Waals surface area contributed by atoms with Crippen LogP contribution in [0, 0.1) is 0 Å². The predicted molar refractivity (Wildman–Crippen MR) is 172 cm³/mol. The Morgan fingerprint density at radius 3 is 2.24 bits per heavy atom. The summed E-state index contributed by atoms with van der Waals surface area (Å²) >= 11 is 0. The number of sulfonamides is 1. The van der Waals surface area contributed by atoms with Crippen LogP contribution in [-0.4, -0.2) is 46.7 Å².